The fraction of sp³-hybridized carbons (Fsp3) is 0.348. The molecule has 0 aliphatic carbocycles. The Morgan fingerprint density at radius 3 is 2.71 bits per heavy atom. The molecule has 146 valence electrons. The third kappa shape index (κ3) is 4.37. The van der Waals surface area contributed by atoms with Crippen LogP contribution in [0.1, 0.15) is 24.0 Å². The first-order valence-corrected chi connectivity index (χ1v) is 9.81. The topological polar surface area (TPSA) is 54.7 Å². The van der Waals surface area contributed by atoms with E-state index < -0.39 is 0 Å². The second kappa shape index (κ2) is 8.48. The van der Waals surface area contributed by atoms with Crippen LogP contribution in [0.2, 0.25) is 0 Å². The Balaban J connectivity index is 1.28. The molecular formula is C23H26N2O3. The van der Waals surface area contributed by atoms with E-state index in [0.29, 0.717) is 6.42 Å². The van der Waals surface area contributed by atoms with Crippen LogP contribution in [0.4, 0.5) is 0 Å². The molecule has 2 aromatic carbocycles. The van der Waals surface area contributed by atoms with Gasteiger partial charge in [0.05, 0.1) is 19.8 Å². The minimum Gasteiger partial charge on any atom is -0.497 e. The summed E-state index contributed by atoms with van der Waals surface area (Å²) in [7, 11) is 1.63. The van der Waals surface area contributed by atoms with Crippen molar-refractivity contribution in [2.75, 3.05) is 20.2 Å². The molecule has 2 heterocycles. The zero-order valence-corrected chi connectivity index (χ0v) is 16.2. The van der Waals surface area contributed by atoms with Crippen molar-refractivity contribution in [1.29, 1.82) is 0 Å². The van der Waals surface area contributed by atoms with E-state index in [4.69, 9.17) is 9.15 Å². The lowest BCUT2D eigenvalue weighted by Crippen LogP contribution is -2.44. The number of nitrogens with one attached hydrogen (secondary N) is 1. The molecule has 0 bridgehead atoms. The monoisotopic (exact) mass is 378 g/mol. The van der Waals surface area contributed by atoms with Crippen molar-refractivity contribution in [2.45, 2.75) is 31.8 Å². The van der Waals surface area contributed by atoms with Gasteiger partial charge in [-0.15, -0.1) is 0 Å². The van der Waals surface area contributed by atoms with Crippen LogP contribution in [0.3, 0.4) is 0 Å². The van der Waals surface area contributed by atoms with Gasteiger partial charge >= 0.3 is 0 Å². The summed E-state index contributed by atoms with van der Waals surface area (Å²) < 4.78 is 10.8. The number of methoxy groups -OCH3 is 1. The number of furan rings is 1. The lowest BCUT2D eigenvalue weighted by molar-refractivity contribution is -0.121. The van der Waals surface area contributed by atoms with E-state index in [-0.39, 0.29) is 11.9 Å². The lowest BCUT2D eigenvalue weighted by atomic mass is 10.0. The predicted octanol–water partition coefficient (Wildman–Crippen LogP) is 3.76. The summed E-state index contributed by atoms with van der Waals surface area (Å²) in [5, 5.41) is 4.16. The lowest BCUT2D eigenvalue weighted by Gasteiger charge is -2.32. The van der Waals surface area contributed by atoms with E-state index in [1.54, 1.807) is 13.4 Å². The third-order valence-electron chi connectivity index (χ3n) is 5.42. The summed E-state index contributed by atoms with van der Waals surface area (Å²) >= 11 is 0. The molecular weight excluding hydrogens is 352 g/mol. The summed E-state index contributed by atoms with van der Waals surface area (Å²) in [5.41, 5.74) is 3.00. The molecule has 1 aliphatic heterocycles. The maximum atomic E-state index is 12.5. The van der Waals surface area contributed by atoms with E-state index in [2.05, 4.69) is 34.5 Å². The van der Waals surface area contributed by atoms with E-state index in [1.807, 2.05) is 24.3 Å². The average molecular weight is 378 g/mol. The number of hydrogen-bond donors (Lipinski definition) is 1. The first kappa shape index (κ1) is 18.6. The van der Waals surface area contributed by atoms with E-state index in [0.717, 1.165) is 54.8 Å². The number of ether oxygens (including phenoxy) is 1. The van der Waals surface area contributed by atoms with Gasteiger partial charge in [0.2, 0.25) is 5.91 Å². The molecule has 1 fully saturated rings. The van der Waals surface area contributed by atoms with Crippen LogP contribution < -0.4 is 10.1 Å². The first-order valence-electron chi connectivity index (χ1n) is 9.81. The number of carbonyl (C=O) groups is 1. The van der Waals surface area contributed by atoms with Crippen molar-refractivity contribution in [1.82, 2.24) is 10.2 Å². The van der Waals surface area contributed by atoms with Gasteiger partial charge in [-0.3, -0.25) is 9.69 Å². The van der Waals surface area contributed by atoms with Crippen molar-refractivity contribution >= 4 is 16.9 Å². The van der Waals surface area contributed by atoms with Crippen LogP contribution in [0, 0.1) is 0 Å². The minimum absolute atomic E-state index is 0.0556. The fourth-order valence-corrected chi connectivity index (χ4v) is 3.86. The first-order chi connectivity index (χ1) is 13.7. The smallest absolute Gasteiger partial charge is 0.224 e. The van der Waals surface area contributed by atoms with E-state index in [9.17, 15) is 4.79 Å². The molecule has 0 unspecified atom stereocenters. The molecule has 3 aromatic rings. The Bertz CT molecular complexity index is 927. The van der Waals surface area contributed by atoms with Gasteiger partial charge in [0.25, 0.3) is 0 Å². The number of fused-ring (bicyclic) bond motifs is 1. The van der Waals surface area contributed by atoms with Crippen molar-refractivity contribution in [3.8, 4) is 5.75 Å². The van der Waals surface area contributed by atoms with Crippen LogP contribution in [-0.4, -0.2) is 37.0 Å². The molecule has 1 aromatic heterocycles. The number of amides is 1. The number of hydrogen-bond acceptors (Lipinski definition) is 4. The SMILES string of the molecule is COc1ccc2c(CC(=O)NC3CCN(Cc4ccccc4)CC3)coc2c1. The highest BCUT2D eigenvalue weighted by molar-refractivity contribution is 5.88. The number of rotatable bonds is 6. The fourth-order valence-electron chi connectivity index (χ4n) is 3.86. The summed E-state index contributed by atoms with van der Waals surface area (Å²) in [6.07, 6.45) is 3.99. The molecule has 0 atom stereocenters. The van der Waals surface area contributed by atoms with Gasteiger partial charge in [-0.05, 0) is 30.5 Å². The zero-order chi connectivity index (χ0) is 19.3. The molecule has 5 heteroatoms. The Labute approximate surface area is 165 Å². The predicted molar refractivity (Wildman–Crippen MR) is 109 cm³/mol. The molecule has 5 nitrogen and oxygen atoms in total. The second-order valence-electron chi connectivity index (χ2n) is 7.40. The van der Waals surface area contributed by atoms with Crippen LogP contribution in [0.5, 0.6) is 5.75 Å². The molecule has 0 saturated carbocycles. The largest absolute Gasteiger partial charge is 0.497 e. The number of nitrogens with zero attached hydrogens (tertiary/aromatic N) is 1. The highest BCUT2D eigenvalue weighted by Crippen LogP contribution is 2.26. The van der Waals surface area contributed by atoms with Gasteiger partial charge in [0.1, 0.15) is 11.3 Å². The van der Waals surface area contributed by atoms with Crippen molar-refractivity contribution in [3.05, 3.63) is 65.9 Å². The standard InChI is InChI=1S/C23H26N2O3/c1-27-20-7-8-21-18(16-28-22(21)14-20)13-23(26)24-19-9-11-25(12-10-19)15-17-5-3-2-4-6-17/h2-8,14,16,19H,9-13,15H2,1H3,(H,24,26). The number of piperidine rings is 1. The highest BCUT2D eigenvalue weighted by atomic mass is 16.5. The molecule has 1 saturated heterocycles. The van der Waals surface area contributed by atoms with Gasteiger partial charge in [-0.1, -0.05) is 30.3 Å². The third-order valence-corrected chi connectivity index (χ3v) is 5.42. The molecule has 28 heavy (non-hydrogen) atoms. The van der Waals surface area contributed by atoms with Gasteiger partial charge < -0.3 is 14.5 Å². The molecule has 0 radical (unpaired) electrons. The number of benzene rings is 2. The summed E-state index contributed by atoms with van der Waals surface area (Å²) in [6, 6.07) is 16.5. The maximum absolute atomic E-state index is 12.5. The molecule has 0 spiro atoms. The minimum atomic E-state index is 0.0556. The number of carbonyl (C=O) groups excluding carboxylic acids is 1. The molecule has 1 aliphatic rings. The normalized spacial score (nSPS) is 15.6. The van der Waals surface area contributed by atoms with Crippen LogP contribution in [-0.2, 0) is 17.8 Å². The molecule has 1 amide bonds. The van der Waals surface area contributed by atoms with Gasteiger partial charge in [0.15, 0.2) is 0 Å². The molecule has 4 rings (SSSR count). The van der Waals surface area contributed by atoms with Crippen molar-refractivity contribution in [2.24, 2.45) is 0 Å². The Kier molecular flexibility index (Phi) is 5.63. The van der Waals surface area contributed by atoms with Crippen molar-refractivity contribution < 1.29 is 13.9 Å². The van der Waals surface area contributed by atoms with Crippen LogP contribution in [0.25, 0.3) is 11.0 Å². The Hall–Kier alpha value is -2.79. The zero-order valence-electron chi connectivity index (χ0n) is 16.2. The summed E-state index contributed by atoms with van der Waals surface area (Å²) in [4.78, 5) is 15.0. The van der Waals surface area contributed by atoms with E-state index >= 15 is 0 Å². The summed E-state index contributed by atoms with van der Waals surface area (Å²) in [5.74, 6) is 0.806. The van der Waals surface area contributed by atoms with Crippen LogP contribution >= 0.6 is 0 Å². The van der Waals surface area contributed by atoms with Crippen LogP contribution in [0.15, 0.2) is 59.2 Å². The number of likely N-dealkylation sites (tertiary alicyclic amines) is 1. The van der Waals surface area contributed by atoms with Gasteiger partial charge in [0, 0.05) is 42.7 Å². The quantitative estimate of drug-likeness (QED) is 0.710. The van der Waals surface area contributed by atoms with Crippen molar-refractivity contribution in [3.63, 3.8) is 0 Å². The average Bonchev–Trinajstić information content (AvgIpc) is 3.12. The Morgan fingerprint density at radius 2 is 1.96 bits per heavy atom. The van der Waals surface area contributed by atoms with E-state index in [1.165, 1.54) is 5.56 Å². The Morgan fingerprint density at radius 1 is 1.18 bits per heavy atom. The summed E-state index contributed by atoms with van der Waals surface area (Å²) in [6.45, 7) is 2.99. The highest BCUT2D eigenvalue weighted by Gasteiger charge is 2.21. The van der Waals surface area contributed by atoms with Gasteiger partial charge in [-0.2, -0.15) is 0 Å². The second-order valence-corrected chi connectivity index (χ2v) is 7.40. The molecule has 1 N–H and O–H groups in total. The maximum Gasteiger partial charge on any atom is 0.224 e. The van der Waals surface area contributed by atoms with Gasteiger partial charge in [-0.25, -0.2) is 0 Å².